The van der Waals surface area contributed by atoms with Gasteiger partial charge in [0.15, 0.2) is 0 Å². The number of rotatable bonds is 14. The minimum atomic E-state index is -0.848. The van der Waals surface area contributed by atoms with E-state index in [0.717, 1.165) is 24.8 Å². The Labute approximate surface area is 164 Å². The van der Waals surface area contributed by atoms with Crippen LogP contribution in [0, 0.1) is 0 Å². The predicted molar refractivity (Wildman–Crippen MR) is 115 cm³/mol. The zero-order valence-electron chi connectivity index (χ0n) is 17.3. The molecule has 0 radical (unpaired) electrons. The molecule has 0 unspecified atom stereocenters. The van der Waals surface area contributed by atoms with Crippen LogP contribution >= 0.6 is 0 Å². The van der Waals surface area contributed by atoms with E-state index in [1.807, 2.05) is 12.1 Å². The Morgan fingerprint density at radius 3 is 2.11 bits per heavy atom. The lowest BCUT2D eigenvalue weighted by molar-refractivity contribution is 0.0697. The summed E-state index contributed by atoms with van der Waals surface area (Å²) in [6, 6.07) is 7.74. The van der Waals surface area contributed by atoms with Crippen LogP contribution in [0.1, 0.15) is 101 Å². The monoisotopic (exact) mass is 371 g/mol. The van der Waals surface area contributed by atoms with Crippen molar-refractivity contribution in [3.05, 3.63) is 35.5 Å². The van der Waals surface area contributed by atoms with E-state index < -0.39 is 5.97 Å². The van der Waals surface area contributed by atoms with Crippen molar-refractivity contribution in [3.63, 3.8) is 0 Å². The van der Waals surface area contributed by atoms with Gasteiger partial charge in [0, 0.05) is 23.1 Å². The lowest BCUT2D eigenvalue weighted by Gasteiger charge is -2.10. The van der Waals surface area contributed by atoms with Crippen molar-refractivity contribution in [2.24, 2.45) is 0 Å². The van der Waals surface area contributed by atoms with E-state index in [9.17, 15) is 9.90 Å². The minimum Gasteiger partial charge on any atom is -0.478 e. The Kier molecular flexibility index (Phi) is 9.44. The van der Waals surface area contributed by atoms with Crippen LogP contribution in [-0.2, 0) is 13.0 Å². The van der Waals surface area contributed by atoms with Gasteiger partial charge in [0.1, 0.15) is 0 Å². The van der Waals surface area contributed by atoms with Gasteiger partial charge in [-0.2, -0.15) is 0 Å². The van der Waals surface area contributed by atoms with Gasteiger partial charge in [0.2, 0.25) is 0 Å². The summed E-state index contributed by atoms with van der Waals surface area (Å²) in [5.74, 6) is -0.848. The second-order valence-electron chi connectivity index (χ2n) is 7.80. The quantitative estimate of drug-likeness (QED) is 0.356. The molecule has 3 nitrogen and oxygen atoms in total. The second-order valence-corrected chi connectivity index (χ2v) is 7.80. The van der Waals surface area contributed by atoms with Gasteiger partial charge in [0.25, 0.3) is 0 Å². The zero-order valence-corrected chi connectivity index (χ0v) is 17.3. The third-order valence-electron chi connectivity index (χ3n) is 5.51. The molecule has 1 N–H and O–H groups in total. The van der Waals surface area contributed by atoms with Crippen LogP contribution in [0.5, 0.6) is 0 Å². The van der Waals surface area contributed by atoms with Gasteiger partial charge in [-0.25, -0.2) is 4.79 Å². The Bertz CT molecular complexity index is 702. The number of carbonyl (C=O) groups is 1. The average Bonchev–Trinajstić information content (AvgIpc) is 3.01. The number of aromatic carboxylic acids is 1. The summed E-state index contributed by atoms with van der Waals surface area (Å²) in [6.07, 6.45) is 15.5. The molecule has 1 heterocycles. The molecular weight excluding hydrogens is 334 g/mol. The third-order valence-corrected chi connectivity index (χ3v) is 5.51. The second kappa shape index (κ2) is 11.8. The highest BCUT2D eigenvalue weighted by molar-refractivity contribution is 5.94. The highest BCUT2D eigenvalue weighted by Crippen LogP contribution is 2.24. The third kappa shape index (κ3) is 6.71. The number of unbranched alkanes of at least 4 members (excludes halogenated alkanes) is 9. The van der Waals surface area contributed by atoms with Crippen molar-refractivity contribution >= 4 is 16.9 Å². The van der Waals surface area contributed by atoms with E-state index in [-0.39, 0.29) is 0 Å². The summed E-state index contributed by atoms with van der Waals surface area (Å²) >= 11 is 0. The Hall–Kier alpha value is -1.77. The number of carboxylic acid groups (broad SMARTS) is 1. The Balaban J connectivity index is 1.90. The van der Waals surface area contributed by atoms with Crippen molar-refractivity contribution < 1.29 is 9.90 Å². The van der Waals surface area contributed by atoms with Crippen LogP contribution < -0.4 is 0 Å². The fraction of sp³-hybridized carbons (Fsp3) is 0.625. The van der Waals surface area contributed by atoms with Crippen LogP contribution in [0.4, 0.5) is 0 Å². The van der Waals surface area contributed by atoms with E-state index in [1.54, 1.807) is 6.07 Å². The molecule has 0 amide bonds. The zero-order chi connectivity index (χ0) is 19.5. The molecule has 0 spiro atoms. The maximum absolute atomic E-state index is 11.3. The number of benzene rings is 1. The molecule has 0 atom stereocenters. The number of carboxylic acids is 1. The number of aryl methyl sites for hydroxylation is 2. The number of hydrogen-bond acceptors (Lipinski definition) is 1. The summed E-state index contributed by atoms with van der Waals surface area (Å²) in [5, 5.41) is 10.3. The van der Waals surface area contributed by atoms with Gasteiger partial charge >= 0.3 is 5.97 Å². The van der Waals surface area contributed by atoms with Gasteiger partial charge < -0.3 is 9.67 Å². The Morgan fingerprint density at radius 2 is 1.48 bits per heavy atom. The molecule has 0 aliphatic rings. The van der Waals surface area contributed by atoms with Crippen molar-refractivity contribution in [2.75, 3.05) is 0 Å². The minimum absolute atomic E-state index is 0.379. The van der Waals surface area contributed by atoms with E-state index in [0.29, 0.717) is 5.56 Å². The molecule has 2 aromatic rings. The molecule has 1 aromatic carbocycles. The van der Waals surface area contributed by atoms with Gasteiger partial charge in [-0.3, -0.25) is 0 Å². The van der Waals surface area contributed by atoms with Gasteiger partial charge in [-0.15, -0.1) is 0 Å². The standard InChI is InChI=1S/C24H37NO2/c1-3-5-7-8-9-10-11-12-13-14-22-19-21-18-20(24(26)27)15-16-23(21)25(22)17-6-4-2/h15-16,18-19H,3-14,17H2,1-2H3,(H,26,27). The topological polar surface area (TPSA) is 42.2 Å². The molecule has 0 aliphatic heterocycles. The molecule has 1 aromatic heterocycles. The van der Waals surface area contributed by atoms with E-state index >= 15 is 0 Å². The lowest BCUT2D eigenvalue weighted by atomic mass is 10.1. The summed E-state index contributed by atoms with van der Waals surface area (Å²) in [7, 11) is 0. The number of nitrogens with zero attached hydrogens (tertiary/aromatic N) is 1. The van der Waals surface area contributed by atoms with Crippen LogP contribution in [0.3, 0.4) is 0 Å². The molecule has 27 heavy (non-hydrogen) atoms. The summed E-state index contributed by atoms with van der Waals surface area (Å²) in [4.78, 5) is 11.3. The summed E-state index contributed by atoms with van der Waals surface area (Å²) in [5.41, 5.74) is 2.92. The normalized spacial score (nSPS) is 11.3. The molecule has 0 saturated heterocycles. The van der Waals surface area contributed by atoms with Crippen LogP contribution in [0.15, 0.2) is 24.3 Å². The first-order valence-corrected chi connectivity index (χ1v) is 11.0. The molecule has 3 heteroatoms. The lowest BCUT2D eigenvalue weighted by Crippen LogP contribution is -2.03. The average molecular weight is 372 g/mol. The molecular formula is C24H37NO2. The molecule has 150 valence electrons. The summed E-state index contributed by atoms with van der Waals surface area (Å²) < 4.78 is 2.41. The highest BCUT2D eigenvalue weighted by atomic mass is 16.4. The van der Waals surface area contributed by atoms with E-state index in [1.165, 1.54) is 75.4 Å². The first kappa shape index (κ1) is 21.5. The van der Waals surface area contributed by atoms with E-state index in [2.05, 4.69) is 24.5 Å². The molecule has 0 bridgehead atoms. The smallest absolute Gasteiger partial charge is 0.335 e. The number of fused-ring (bicyclic) bond motifs is 1. The first-order valence-electron chi connectivity index (χ1n) is 11.0. The maximum Gasteiger partial charge on any atom is 0.335 e. The van der Waals surface area contributed by atoms with Crippen LogP contribution in [0.25, 0.3) is 10.9 Å². The molecule has 2 rings (SSSR count). The predicted octanol–water partition coefficient (Wildman–Crippen LogP) is 7.21. The fourth-order valence-corrected chi connectivity index (χ4v) is 3.87. The van der Waals surface area contributed by atoms with Crippen LogP contribution in [-0.4, -0.2) is 15.6 Å². The highest BCUT2D eigenvalue weighted by Gasteiger charge is 2.11. The Morgan fingerprint density at radius 1 is 0.852 bits per heavy atom. The molecule has 0 fully saturated rings. The maximum atomic E-state index is 11.3. The fourth-order valence-electron chi connectivity index (χ4n) is 3.87. The van der Waals surface area contributed by atoms with Gasteiger partial charge in [-0.05, 0) is 43.5 Å². The number of hydrogen-bond donors (Lipinski definition) is 1. The van der Waals surface area contributed by atoms with Crippen molar-refractivity contribution in [2.45, 2.75) is 97.4 Å². The van der Waals surface area contributed by atoms with Crippen molar-refractivity contribution in [1.29, 1.82) is 0 Å². The van der Waals surface area contributed by atoms with Crippen molar-refractivity contribution in [3.8, 4) is 0 Å². The van der Waals surface area contributed by atoms with Gasteiger partial charge in [-0.1, -0.05) is 71.6 Å². The largest absolute Gasteiger partial charge is 0.478 e. The van der Waals surface area contributed by atoms with Crippen molar-refractivity contribution in [1.82, 2.24) is 4.57 Å². The van der Waals surface area contributed by atoms with Gasteiger partial charge in [0.05, 0.1) is 5.56 Å². The molecule has 0 aliphatic carbocycles. The summed E-state index contributed by atoms with van der Waals surface area (Å²) in [6.45, 7) is 5.51. The SMILES string of the molecule is CCCCCCCCCCCc1cc2cc(C(=O)O)ccc2n1CCCC. The first-order chi connectivity index (χ1) is 13.2. The molecule has 0 saturated carbocycles. The van der Waals surface area contributed by atoms with E-state index in [4.69, 9.17) is 0 Å². The number of aromatic nitrogens is 1. The van der Waals surface area contributed by atoms with Crippen LogP contribution in [0.2, 0.25) is 0 Å².